The normalized spacial score (nSPS) is 19.5. The van der Waals surface area contributed by atoms with Crippen molar-refractivity contribution in [2.75, 3.05) is 38.1 Å². The molecular weight excluding hydrogens is 284 g/mol. The fraction of sp³-hybridized carbons (Fsp3) is 0.400. The fourth-order valence-corrected chi connectivity index (χ4v) is 2.86. The third-order valence-electron chi connectivity index (χ3n) is 4.05. The van der Waals surface area contributed by atoms with Crippen molar-refractivity contribution < 1.29 is 9.72 Å². The third-order valence-corrected chi connectivity index (χ3v) is 4.05. The van der Waals surface area contributed by atoms with Gasteiger partial charge >= 0.3 is 6.03 Å². The summed E-state index contributed by atoms with van der Waals surface area (Å²) in [5, 5.41) is 10.7. The van der Waals surface area contributed by atoms with Crippen molar-refractivity contribution in [3.05, 3.63) is 46.2 Å². The molecule has 0 unspecified atom stereocenters. The van der Waals surface area contributed by atoms with Gasteiger partial charge in [0.25, 0.3) is 5.69 Å². The van der Waals surface area contributed by atoms with Crippen LogP contribution in [0.5, 0.6) is 0 Å². The maximum absolute atomic E-state index is 12.6. The monoisotopic (exact) mass is 302 g/mol. The molecule has 22 heavy (non-hydrogen) atoms. The zero-order valence-electron chi connectivity index (χ0n) is 12.4. The smallest absolute Gasteiger partial charge is 0.300 e. The van der Waals surface area contributed by atoms with Crippen molar-refractivity contribution in [3.8, 4) is 0 Å². The molecule has 0 bridgehead atoms. The van der Waals surface area contributed by atoms with Crippen molar-refractivity contribution in [2.45, 2.75) is 6.42 Å². The van der Waals surface area contributed by atoms with Crippen molar-refractivity contribution in [1.82, 2.24) is 9.80 Å². The highest BCUT2D eigenvalue weighted by Crippen LogP contribution is 2.26. The Morgan fingerprint density at radius 3 is 2.41 bits per heavy atom. The Hall–Kier alpha value is -2.41. The molecule has 0 aromatic heterocycles. The second-order valence-electron chi connectivity index (χ2n) is 5.58. The van der Waals surface area contributed by atoms with Gasteiger partial charge in [0.1, 0.15) is 0 Å². The summed E-state index contributed by atoms with van der Waals surface area (Å²) in [5.41, 5.74) is 1.77. The summed E-state index contributed by atoms with van der Waals surface area (Å²) in [5.74, 6) is 0. The van der Waals surface area contributed by atoms with Crippen molar-refractivity contribution in [2.24, 2.45) is 0 Å². The van der Waals surface area contributed by atoms with Crippen LogP contribution in [0.4, 0.5) is 16.2 Å². The maximum Gasteiger partial charge on any atom is 0.328 e. The van der Waals surface area contributed by atoms with Crippen LogP contribution in [0.2, 0.25) is 0 Å². The molecule has 2 heterocycles. The minimum absolute atomic E-state index is 0.0314. The molecule has 2 amide bonds. The number of non-ortho nitro benzene ring substituents is 1. The summed E-state index contributed by atoms with van der Waals surface area (Å²) in [7, 11) is 2.04. The molecule has 1 fully saturated rings. The average Bonchev–Trinajstić information content (AvgIpc) is 2.89. The van der Waals surface area contributed by atoms with Gasteiger partial charge in [-0.05, 0) is 25.6 Å². The van der Waals surface area contributed by atoms with Crippen LogP contribution >= 0.6 is 0 Å². The number of likely N-dealkylation sites (N-methyl/N-ethyl adjacent to an activating group) is 1. The zero-order valence-corrected chi connectivity index (χ0v) is 12.4. The van der Waals surface area contributed by atoms with Gasteiger partial charge in [-0.25, -0.2) is 4.79 Å². The van der Waals surface area contributed by atoms with Crippen molar-refractivity contribution >= 4 is 17.4 Å². The number of amides is 2. The first-order valence-corrected chi connectivity index (χ1v) is 7.27. The number of nitro groups is 1. The molecule has 3 rings (SSSR count). The lowest BCUT2D eigenvalue weighted by molar-refractivity contribution is -0.384. The average molecular weight is 302 g/mol. The number of rotatable bonds is 3. The molecule has 0 N–H and O–H groups in total. The molecule has 1 aromatic carbocycles. The van der Waals surface area contributed by atoms with Gasteiger partial charge in [0, 0.05) is 49.7 Å². The van der Waals surface area contributed by atoms with Gasteiger partial charge in [0.2, 0.25) is 0 Å². The number of carbonyl (C=O) groups is 1. The van der Waals surface area contributed by atoms with Crippen molar-refractivity contribution in [3.63, 3.8) is 0 Å². The Balaban J connectivity index is 1.76. The van der Waals surface area contributed by atoms with E-state index >= 15 is 0 Å². The van der Waals surface area contributed by atoms with E-state index in [1.165, 1.54) is 12.1 Å². The van der Waals surface area contributed by atoms with Gasteiger partial charge in [-0.2, -0.15) is 0 Å². The highest BCUT2D eigenvalue weighted by atomic mass is 16.6. The maximum atomic E-state index is 12.6. The summed E-state index contributed by atoms with van der Waals surface area (Å²) in [6.45, 7) is 3.03. The third kappa shape index (κ3) is 2.67. The van der Waals surface area contributed by atoms with Crippen LogP contribution in [0.15, 0.2) is 36.0 Å². The highest BCUT2D eigenvalue weighted by Gasteiger charge is 2.32. The van der Waals surface area contributed by atoms with Crippen molar-refractivity contribution in [1.29, 1.82) is 0 Å². The predicted molar refractivity (Wildman–Crippen MR) is 82.7 cm³/mol. The molecular formula is C15H18N4O3. The number of nitrogens with zero attached hydrogens (tertiary/aromatic N) is 4. The largest absolute Gasteiger partial charge is 0.328 e. The first-order chi connectivity index (χ1) is 10.6. The summed E-state index contributed by atoms with van der Waals surface area (Å²) < 4.78 is 0. The topological polar surface area (TPSA) is 69.9 Å². The molecule has 0 atom stereocenters. The summed E-state index contributed by atoms with van der Waals surface area (Å²) in [6.07, 6.45) is 3.07. The SMILES string of the molecule is CN1CCC=C(N2CCN(c3ccc([N+](=O)[O-])cc3)C2=O)C1. The Bertz CT molecular complexity index is 626. The molecule has 7 nitrogen and oxygen atoms in total. The van der Waals surface area contributed by atoms with Crippen LogP contribution < -0.4 is 4.90 Å². The number of hydrogen-bond acceptors (Lipinski definition) is 4. The van der Waals surface area contributed by atoms with E-state index in [2.05, 4.69) is 11.0 Å². The Kier molecular flexibility index (Phi) is 3.81. The molecule has 2 aliphatic rings. The summed E-state index contributed by atoms with van der Waals surface area (Å²) in [6, 6.07) is 6.05. The van der Waals surface area contributed by atoms with E-state index < -0.39 is 4.92 Å². The quantitative estimate of drug-likeness (QED) is 0.633. The van der Waals surface area contributed by atoms with Gasteiger partial charge in [-0.15, -0.1) is 0 Å². The number of benzene rings is 1. The Morgan fingerprint density at radius 2 is 1.77 bits per heavy atom. The fourth-order valence-electron chi connectivity index (χ4n) is 2.86. The van der Waals surface area contributed by atoms with E-state index in [9.17, 15) is 14.9 Å². The molecule has 0 saturated carbocycles. The minimum Gasteiger partial charge on any atom is -0.300 e. The van der Waals surface area contributed by atoms with Crippen LogP contribution in [0.1, 0.15) is 6.42 Å². The number of hydrogen-bond donors (Lipinski definition) is 0. The van der Waals surface area contributed by atoms with Crippen LogP contribution in [0, 0.1) is 10.1 Å². The first-order valence-electron chi connectivity index (χ1n) is 7.27. The van der Waals surface area contributed by atoms with Gasteiger partial charge < -0.3 is 4.90 Å². The van der Waals surface area contributed by atoms with Gasteiger partial charge in [-0.3, -0.25) is 19.9 Å². The lowest BCUT2D eigenvalue weighted by Gasteiger charge is -2.28. The summed E-state index contributed by atoms with van der Waals surface area (Å²) >= 11 is 0. The minimum atomic E-state index is -0.440. The Morgan fingerprint density at radius 1 is 1.09 bits per heavy atom. The molecule has 7 heteroatoms. The lowest BCUT2D eigenvalue weighted by atomic mass is 10.2. The number of urea groups is 1. The van der Waals surface area contributed by atoms with E-state index in [-0.39, 0.29) is 11.7 Å². The second kappa shape index (κ2) is 5.76. The van der Waals surface area contributed by atoms with Crippen LogP contribution in [-0.4, -0.2) is 54.0 Å². The molecule has 1 saturated heterocycles. The van der Waals surface area contributed by atoms with E-state index in [0.717, 1.165) is 25.2 Å². The van der Waals surface area contributed by atoms with Crippen LogP contribution in [0.25, 0.3) is 0 Å². The standard InChI is InChI=1S/C15H18N4O3/c1-16-8-2-3-14(11-16)18-10-9-17(15(18)20)12-4-6-13(7-5-12)19(21)22/h3-7H,2,8-11H2,1H3. The van der Waals surface area contributed by atoms with E-state index in [4.69, 9.17) is 0 Å². The number of nitro benzene ring substituents is 1. The van der Waals surface area contributed by atoms with E-state index in [1.54, 1.807) is 21.9 Å². The molecule has 0 radical (unpaired) electrons. The molecule has 116 valence electrons. The van der Waals surface area contributed by atoms with Crippen LogP contribution in [0.3, 0.4) is 0 Å². The predicted octanol–water partition coefficient (Wildman–Crippen LogP) is 2.06. The van der Waals surface area contributed by atoms with Gasteiger partial charge in [-0.1, -0.05) is 6.08 Å². The van der Waals surface area contributed by atoms with Gasteiger partial charge in [0.05, 0.1) is 4.92 Å². The van der Waals surface area contributed by atoms with E-state index in [1.807, 2.05) is 7.05 Å². The second-order valence-corrected chi connectivity index (χ2v) is 5.58. The molecule has 0 aliphatic carbocycles. The zero-order chi connectivity index (χ0) is 15.7. The van der Waals surface area contributed by atoms with E-state index in [0.29, 0.717) is 18.8 Å². The highest BCUT2D eigenvalue weighted by molar-refractivity contribution is 5.95. The Labute approximate surface area is 128 Å². The molecule has 2 aliphatic heterocycles. The van der Waals surface area contributed by atoms with Gasteiger partial charge in [0.15, 0.2) is 0 Å². The molecule has 1 aromatic rings. The molecule has 0 spiro atoms. The summed E-state index contributed by atoms with van der Waals surface area (Å²) in [4.78, 5) is 28.5. The lowest BCUT2D eigenvalue weighted by Crippen LogP contribution is -2.37. The van der Waals surface area contributed by atoms with Crippen LogP contribution in [-0.2, 0) is 0 Å². The number of carbonyl (C=O) groups excluding carboxylic acids is 1. The first kappa shape index (κ1) is 14.5. The number of anilines is 1.